The van der Waals surface area contributed by atoms with Crippen molar-refractivity contribution in [2.24, 2.45) is 4.99 Å². The molecule has 0 radical (unpaired) electrons. The quantitative estimate of drug-likeness (QED) is 0.606. The third-order valence-electron chi connectivity index (χ3n) is 7.07. The van der Waals surface area contributed by atoms with Gasteiger partial charge < -0.3 is 4.74 Å². The zero-order chi connectivity index (χ0) is 24.0. The molecule has 3 aliphatic rings. The third-order valence-corrected chi connectivity index (χ3v) is 7.07. The van der Waals surface area contributed by atoms with Gasteiger partial charge in [-0.15, -0.1) is 0 Å². The van der Waals surface area contributed by atoms with Crippen molar-refractivity contribution < 1.29 is 23.3 Å². The molecule has 180 valence electrons. The number of imide groups is 1. The summed E-state index contributed by atoms with van der Waals surface area (Å²) in [6.07, 6.45) is 0.944. The molecule has 0 spiro atoms. The van der Waals surface area contributed by atoms with Gasteiger partial charge in [0.15, 0.2) is 0 Å². The Morgan fingerprint density at radius 3 is 2.65 bits per heavy atom. The summed E-state index contributed by atoms with van der Waals surface area (Å²) in [6.45, 7) is 9.05. The van der Waals surface area contributed by atoms with Crippen LogP contribution in [0.2, 0.25) is 0 Å². The number of fused-ring (bicyclic) bond motifs is 3. The van der Waals surface area contributed by atoms with Crippen molar-refractivity contribution in [3.8, 4) is 0 Å². The van der Waals surface area contributed by atoms with E-state index in [0.29, 0.717) is 17.3 Å². The maximum Gasteiger partial charge on any atom is 0.402 e. The van der Waals surface area contributed by atoms with Crippen LogP contribution in [-0.4, -0.2) is 76.9 Å². The number of halogens is 1. The number of rotatable bonds is 6. The molecular formula is C24H30FN6O3+. The number of benzene rings is 1. The lowest BCUT2D eigenvalue weighted by Gasteiger charge is -2.33. The minimum Gasteiger partial charge on any atom is -0.379 e. The first-order chi connectivity index (χ1) is 16.4. The SMILES string of the molecule is Cc1c(C)[n+](CCCN2CCOCC2)c2n1C1C(=O)N(Cc3ccccc3F)C(=O)N(C)C1=N2. The standard InChI is InChI=1S/C24H30FN6O3/c1-16-17(2)31-20-21(26-23(31)29(16)10-6-9-28-11-13-34-14-12-28)27(3)24(33)30(22(20)32)15-18-7-4-5-8-19(18)25/h4-5,7-8,20H,6,9-15H2,1-3H3/q+1. The lowest BCUT2D eigenvalue weighted by Crippen LogP contribution is -2.57. The minimum absolute atomic E-state index is 0.118. The molecule has 9 nitrogen and oxygen atoms in total. The van der Waals surface area contributed by atoms with Crippen molar-refractivity contribution in [1.82, 2.24) is 19.3 Å². The van der Waals surface area contributed by atoms with E-state index in [1.54, 1.807) is 25.2 Å². The molecule has 10 heteroatoms. The number of urea groups is 1. The van der Waals surface area contributed by atoms with Gasteiger partial charge in [0.1, 0.15) is 17.2 Å². The molecule has 1 atom stereocenters. The molecule has 0 aliphatic carbocycles. The van der Waals surface area contributed by atoms with Gasteiger partial charge in [-0.3, -0.25) is 19.5 Å². The number of morpholine rings is 1. The van der Waals surface area contributed by atoms with E-state index in [4.69, 9.17) is 9.73 Å². The van der Waals surface area contributed by atoms with Crippen LogP contribution in [0.25, 0.3) is 0 Å². The zero-order valence-electron chi connectivity index (χ0n) is 19.8. The number of aromatic nitrogens is 2. The Morgan fingerprint density at radius 1 is 1.18 bits per heavy atom. The Balaban J connectivity index is 1.41. The van der Waals surface area contributed by atoms with Crippen LogP contribution in [0.5, 0.6) is 0 Å². The second kappa shape index (κ2) is 8.92. The number of aliphatic imine (C=N–C) groups is 1. The highest BCUT2D eigenvalue weighted by Crippen LogP contribution is 2.35. The van der Waals surface area contributed by atoms with E-state index in [0.717, 1.165) is 62.1 Å². The normalized spacial score (nSPS) is 20.6. The summed E-state index contributed by atoms with van der Waals surface area (Å²) < 4.78 is 23.7. The van der Waals surface area contributed by atoms with Crippen LogP contribution in [0.15, 0.2) is 29.3 Å². The van der Waals surface area contributed by atoms with E-state index < -0.39 is 17.9 Å². The summed E-state index contributed by atoms with van der Waals surface area (Å²) in [5.74, 6) is 0.267. The molecule has 2 aromatic rings. The molecule has 4 heterocycles. The number of nitrogens with zero attached hydrogens (tertiary/aromatic N) is 6. The Labute approximate surface area is 198 Å². The van der Waals surface area contributed by atoms with E-state index in [9.17, 15) is 14.0 Å². The number of amides is 3. The molecule has 0 N–H and O–H groups in total. The molecule has 3 amide bonds. The van der Waals surface area contributed by atoms with Gasteiger partial charge in [-0.2, -0.15) is 0 Å². The van der Waals surface area contributed by atoms with Crippen LogP contribution < -0.4 is 4.57 Å². The fourth-order valence-electron chi connectivity index (χ4n) is 4.99. The monoisotopic (exact) mass is 469 g/mol. The average Bonchev–Trinajstić information content (AvgIpc) is 3.34. The summed E-state index contributed by atoms with van der Waals surface area (Å²) in [5, 5.41) is 0. The minimum atomic E-state index is -0.733. The van der Waals surface area contributed by atoms with Crippen molar-refractivity contribution in [3.05, 3.63) is 47.0 Å². The second-order valence-electron chi connectivity index (χ2n) is 9.03. The number of hydrogen-bond acceptors (Lipinski definition) is 5. The van der Waals surface area contributed by atoms with Gasteiger partial charge >= 0.3 is 12.0 Å². The molecule has 0 bridgehead atoms. The van der Waals surface area contributed by atoms with Gasteiger partial charge in [0.2, 0.25) is 11.9 Å². The van der Waals surface area contributed by atoms with Gasteiger partial charge in [0.05, 0.1) is 26.3 Å². The maximum atomic E-state index is 14.3. The average molecular weight is 470 g/mol. The number of carbonyl (C=O) groups is 2. The molecule has 34 heavy (non-hydrogen) atoms. The highest BCUT2D eigenvalue weighted by molar-refractivity contribution is 6.20. The molecule has 3 aliphatic heterocycles. The number of ether oxygens (including phenoxy) is 1. The summed E-state index contributed by atoms with van der Waals surface area (Å²) in [6, 6.07) is 4.97. The van der Waals surface area contributed by atoms with E-state index >= 15 is 0 Å². The lowest BCUT2D eigenvalue weighted by atomic mass is 10.1. The van der Waals surface area contributed by atoms with Crippen molar-refractivity contribution in [2.45, 2.75) is 39.4 Å². The molecule has 5 rings (SSSR count). The van der Waals surface area contributed by atoms with Crippen LogP contribution in [0.4, 0.5) is 15.1 Å². The predicted octanol–water partition coefficient (Wildman–Crippen LogP) is 1.93. The van der Waals surface area contributed by atoms with Crippen molar-refractivity contribution in [2.75, 3.05) is 39.9 Å². The summed E-state index contributed by atoms with van der Waals surface area (Å²) in [4.78, 5) is 36.3. The number of hydrogen-bond donors (Lipinski definition) is 0. The fraction of sp³-hybridized carbons (Fsp3) is 0.500. The number of likely N-dealkylation sites (N-methyl/N-ethyl adjacent to an activating group) is 1. The first-order valence-electron chi connectivity index (χ1n) is 11.7. The highest BCUT2D eigenvalue weighted by atomic mass is 19.1. The number of imidazole rings is 1. The van der Waals surface area contributed by atoms with Gasteiger partial charge in [-0.25, -0.2) is 18.3 Å². The first-order valence-corrected chi connectivity index (χ1v) is 11.7. The van der Waals surface area contributed by atoms with E-state index in [2.05, 4.69) is 9.47 Å². The van der Waals surface area contributed by atoms with Crippen LogP contribution in [0.1, 0.15) is 29.4 Å². The van der Waals surface area contributed by atoms with Gasteiger partial charge in [0.25, 0.3) is 5.91 Å². The molecule has 1 aromatic heterocycles. The Kier molecular flexibility index (Phi) is 5.95. The Hall–Kier alpha value is -3.11. The van der Waals surface area contributed by atoms with Gasteiger partial charge in [-0.1, -0.05) is 23.2 Å². The molecular weight excluding hydrogens is 439 g/mol. The second-order valence-corrected chi connectivity index (χ2v) is 9.03. The predicted molar refractivity (Wildman–Crippen MR) is 122 cm³/mol. The molecule has 1 unspecified atom stereocenters. The lowest BCUT2D eigenvalue weighted by molar-refractivity contribution is -0.689. The third kappa shape index (κ3) is 3.70. The van der Waals surface area contributed by atoms with Crippen LogP contribution in [-0.2, 0) is 22.6 Å². The van der Waals surface area contributed by atoms with Crippen LogP contribution in [0.3, 0.4) is 0 Å². The zero-order valence-corrected chi connectivity index (χ0v) is 19.8. The summed E-state index contributed by atoms with van der Waals surface area (Å²) >= 11 is 0. The topological polar surface area (TPSA) is 74.3 Å². The van der Waals surface area contributed by atoms with Gasteiger partial charge in [0, 0.05) is 32.2 Å². The Bertz CT molecular complexity index is 1170. The maximum absolute atomic E-state index is 14.3. The van der Waals surface area contributed by atoms with Gasteiger partial charge in [-0.05, 0) is 26.3 Å². The van der Waals surface area contributed by atoms with E-state index in [1.165, 1.54) is 11.0 Å². The largest absolute Gasteiger partial charge is 0.402 e. The molecule has 0 saturated carbocycles. The van der Waals surface area contributed by atoms with Crippen molar-refractivity contribution >= 4 is 23.7 Å². The van der Waals surface area contributed by atoms with E-state index in [1.807, 2.05) is 18.4 Å². The first kappa shape index (κ1) is 22.7. The molecule has 1 aromatic carbocycles. The van der Waals surface area contributed by atoms with Crippen molar-refractivity contribution in [3.63, 3.8) is 0 Å². The smallest absolute Gasteiger partial charge is 0.379 e. The Morgan fingerprint density at radius 2 is 1.91 bits per heavy atom. The van der Waals surface area contributed by atoms with Crippen LogP contribution in [0, 0.1) is 19.7 Å². The number of amidine groups is 1. The molecule has 2 fully saturated rings. The van der Waals surface area contributed by atoms with Crippen LogP contribution >= 0.6 is 0 Å². The summed E-state index contributed by atoms with van der Waals surface area (Å²) in [5.41, 5.74) is 2.29. The number of carbonyl (C=O) groups excluding carboxylic acids is 2. The fourth-order valence-corrected chi connectivity index (χ4v) is 4.99. The highest BCUT2D eigenvalue weighted by Gasteiger charge is 2.54. The summed E-state index contributed by atoms with van der Waals surface area (Å²) in [7, 11) is 1.62. The van der Waals surface area contributed by atoms with E-state index in [-0.39, 0.29) is 12.5 Å². The van der Waals surface area contributed by atoms with Crippen molar-refractivity contribution in [1.29, 1.82) is 0 Å². The molecule has 2 saturated heterocycles.